The second-order valence-electron chi connectivity index (χ2n) is 4.74. The number of carbonyl (C=O) groups is 1. The fourth-order valence-corrected chi connectivity index (χ4v) is 2.21. The maximum Gasteiger partial charge on any atom is 0.224 e. The summed E-state index contributed by atoms with van der Waals surface area (Å²) in [5.41, 5.74) is 5.12. The lowest BCUT2D eigenvalue weighted by Crippen LogP contribution is -2.27. The monoisotopic (exact) mass is 155 g/mol. The molecule has 0 aromatic rings. The van der Waals surface area contributed by atoms with Crippen LogP contribution in [0.5, 0.6) is 0 Å². The molecule has 2 nitrogen and oxygen atoms in total. The Morgan fingerprint density at radius 2 is 1.27 bits per heavy atom. The molecule has 1 aliphatic rings. The van der Waals surface area contributed by atoms with Crippen molar-refractivity contribution in [2.24, 2.45) is 22.0 Å². The van der Waals surface area contributed by atoms with Crippen molar-refractivity contribution in [2.45, 2.75) is 34.6 Å². The molecule has 0 bridgehead atoms. The number of amides is 1. The molecule has 1 fully saturated rings. The van der Waals surface area contributed by atoms with Crippen LogP contribution in [0.1, 0.15) is 34.6 Å². The van der Waals surface area contributed by atoms with Crippen molar-refractivity contribution in [1.29, 1.82) is 0 Å². The minimum absolute atomic E-state index is 0.0475. The third-order valence-corrected chi connectivity index (χ3v) is 4.49. The minimum Gasteiger partial charge on any atom is -0.369 e. The van der Waals surface area contributed by atoms with Crippen LogP contribution < -0.4 is 5.73 Å². The van der Waals surface area contributed by atoms with E-state index < -0.39 is 0 Å². The summed E-state index contributed by atoms with van der Waals surface area (Å²) < 4.78 is 0. The summed E-state index contributed by atoms with van der Waals surface area (Å²) in [5.74, 6) is -0.174. The third kappa shape index (κ3) is 0.569. The second-order valence-corrected chi connectivity index (χ2v) is 4.74. The summed E-state index contributed by atoms with van der Waals surface area (Å²) in [5, 5.41) is 0. The lowest BCUT2D eigenvalue weighted by atomic mass is 9.97. The van der Waals surface area contributed by atoms with E-state index in [1.807, 2.05) is 6.92 Å². The molecular weight excluding hydrogens is 138 g/mol. The van der Waals surface area contributed by atoms with E-state index in [9.17, 15) is 4.79 Å². The van der Waals surface area contributed by atoms with Gasteiger partial charge in [0.1, 0.15) is 0 Å². The number of hydrogen-bond donors (Lipinski definition) is 1. The Balaban J connectivity index is 3.06. The fraction of sp³-hybridized carbons (Fsp3) is 0.889. The highest BCUT2D eigenvalue weighted by Gasteiger charge is 2.77. The highest BCUT2D eigenvalue weighted by Crippen LogP contribution is 2.77. The van der Waals surface area contributed by atoms with Gasteiger partial charge >= 0.3 is 0 Å². The highest BCUT2D eigenvalue weighted by molar-refractivity contribution is 5.86. The van der Waals surface area contributed by atoms with Crippen molar-refractivity contribution in [1.82, 2.24) is 0 Å². The van der Waals surface area contributed by atoms with Crippen LogP contribution in [0.25, 0.3) is 0 Å². The van der Waals surface area contributed by atoms with Gasteiger partial charge in [-0.25, -0.2) is 0 Å². The lowest BCUT2D eigenvalue weighted by molar-refractivity contribution is -0.124. The molecular formula is C9H17NO. The molecule has 0 aromatic carbocycles. The van der Waals surface area contributed by atoms with Gasteiger partial charge in [-0.3, -0.25) is 4.79 Å². The van der Waals surface area contributed by atoms with Gasteiger partial charge in [-0.15, -0.1) is 0 Å². The average Bonchev–Trinajstić information content (AvgIpc) is 2.11. The topological polar surface area (TPSA) is 43.1 Å². The first-order chi connectivity index (χ1) is 4.69. The maximum absolute atomic E-state index is 11.1. The molecule has 1 saturated carbocycles. The Bertz CT molecular complexity index is 202. The molecule has 0 aromatic heterocycles. The van der Waals surface area contributed by atoms with Crippen LogP contribution in [0.15, 0.2) is 0 Å². The van der Waals surface area contributed by atoms with E-state index in [1.165, 1.54) is 0 Å². The largest absolute Gasteiger partial charge is 0.369 e. The molecule has 0 radical (unpaired) electrons. The highest BCUT2D eigenvalue weighted by atomic mass is 16.1. The van der Waals surface area contributed by atoms with Gasteiger partial charge in [0.05, 0.1) is 5.41 Å². The van der Waals surface area contributed by atoms with Crippen LogP contribution in [0, 0.1) is 16.2 Å². The van der Waals surface area contributed by atoms with E-state index in [0.29, 0.717) is 0 Å². The SMILES string of the molecule is CC1(C)C(C)(C)C1(C)C(N)=O. The third-order valence-electron chi connectivity index (χ3n) is 4.49. The van der Waals surface area contributed by atoms with Crippen molar-refractivity contribution in [3.63, 3.8) is 0 Å². The smallest absolute Gasteiger partial charge is 0.224 e. The first-order valence-corrected chi connectivity index (χ1v) is 3.99. The van der Waals surface area contributed by atoms with Crippen molar-refractivity contribution in [3.05, 3.63) is 0 Å². The molecule has 0 unspecified atom stereocenters. The van der Waals surface area contributed by atoms with Gasteiger partial charge in [-0.1, -0.05) is 27.7 Å². The molecule has 1 amide bonds. The molecule has 0 heterocycles. The average molecular weight is 155 g/mol. The molecule has 64 valence electrons. The van der Waals surface area contributed by atoms with Crippen molar-refractivity contribution >= 4 is 5.91 Å². The van der Waals surface area contributed by atoms with Crippen LogP contribution in [-0.2, 0) is 4.79 Å². The van der Waals surface area contributed by atoms with Crippen molar-refractivity contribution in [2.75, 3.05) is 0 Å². The van der Waals surface area contributed by atoms with E-state index in [0.717, 1.165) is 0 Å². The van der Waals surface area contributed by atoms with Crippen molar-refractivity contribution in [3.8, 4) is 0 Å². The molecule has 2 N–H and O–H groups in total. The van der Waals surface area contributed by atoms with Crippen LogP contribution in [0.3, 0.4) is 0 Å². The zero-order chi connectivity index (χ0) is 9.08. The van der Waals surface area contributed by atoms with Gasteiger partial charge < -0.3 is 5.73 Å². The van der Waals surface area contributed by atoms with Gasteiger partial charge in [0, 0.05) is 0 Å². The number of nitrogens with two attached hydrogens (primary N) is 1. The molecule has 2 heteroatoms. The zero-order valence-electron chi connectivity index (χ0n) is 7.99. The number of rotatable bonds is 1. The summed E-state index contributed by atoms with van der Waals surface area (Å²) in [6, 6.07) is 0. The molecule has 0 atom stereocenters. The van der Waals surface area contributed by atoms with E-state index >= 15 is 0 Å². The van der Waals surface area contributed by atoms with E-state index in [-0.39, 0.29) is 22.2 Å². The summed E-state index contributed by atoms with van der Waals surface area (Å²) in [6.45, 7) is 10.3. The Morgan fingerprint density at radius 1 is 1.00 bits per heavy atom. The van der Waals surface area contributed by atoms with E-state index in [2.05, 4.69) is 27.7 Å². The molecule has 0 spiro atoms. The lowest BCUT2D eigenvalue weighted by Gasteiger charge is -2.08. The quantitative estimate of drug-likeness (QED) is 0.613. The van der Waals surface area contributed by atoms with Crippen LogP contribution >= 0.6 is 0 Å². The first kappa shape index (κ1) is 8.57. The first-order valence-electron chi connectivity index (χ1n) is 3.99. The Hall–Kier alpha value is -0.530. The van der Waals surface area contributed by atoms with Gasteiger partial charge in [-0.2, -0.15) is 0 Å². The predicted octanol–water partition coefficient (Wildman–Crippen LogP) is 1.54. The van der Waals surface area contributed by atoms with Crippen LogP contribution in [0.4, 0.5) is 0 Å². The van der Waals surface area contributed by atoms with Crippen LogP contribution in [0.2, 0.25) is 0 Å². The molecule has 0 aliphatic heterocycles. The normalized spacial score (nSPS) is 29.5. The molecule has 1 rings (SSSR count). The Labute approximate surface area is 68.2 Å². The number of primary amides is 1. The van der Waals surface area contributed by atoms with Gasteiger partial charge in [0.15, 0.2) is 0 Å². The summed E-state index contributed by atoms with van der Waals surface area (Å²) in [6.07, 6.45) is 0. The fourth-order valence-electron chi connectivity index (χ4n) is 2.21. The Kier molecular flexibility index (Phi) is 1.26. The van der Waals surface area contributed by atoms with Gasteiger partial charge in [-0.05, 0) is 17.8 Å². The van der Waals surface area contributed by atoms with Crippen LogP contribution in [-0.4, -0.2) is 5.91 Å². The predicted molar refractivity (Wildman–Crippen MR) is 44.9 cm³/mol. The van der Waals surface area contributed by atoms with Gasteiger partial charge in [0.2, 0.25) is 5.91 Å². The zero-order valence-corrected chi connectivity index (χ0v) is 7.99. The molecule has 1 aliphatic carbocycles. The summed E-state index contributed by atoms with van der Waals surface area (Å²) in [4.78, 5) is 11.1. The second kappa shape index (κ2) is 1.62. The standard InChI is InChI=1S/C9H17NO/c1-7(2)8(3,4)9(7,5)6(10)11/h1-5H3,(H2,10,11). The Morgan fingerprint density at radius 3 is 1.27 bits per heavy atom. The number of hydrogen-bond acceptors (Lipinski definition) is 1. The molecule has 11 heavy (non-hydrogen) atoms. The van der Waals surface area contributed by atoms with Crippen molar-refractivity contribution < 1.29 is 4.79 Å². The number of carbonyl (C=O) groups excluding carboxylic acids is 1. The summed E-state index contributed by atoms with van der Waals surface area (Å²) in [7, 11) is 0. The van der Waals surface area contributed by atoms with E-state index in [1.54, 1.807) is 0 Å². The summed E-state index contributed by atoms with van der Waals surface area (Å²) >= 11 is 0. The minimum atomic E-state index is -0.319. The van der Waals surface area contributed by atoms with E-state index in [4.69, 9.17) is 5.73 Å². The van der Waals surface area contributed by atoms with Gasteiger partial charge in [0.25, 0.3) is 0 Å². The maximum atomic E-state index is 11.1. The molecule has 0 saturated heterocycles.